The fourth-order valence-electron chi connectivity index (χ4n) is 5.25. The van der Waals surface area contributed by atoms with E-state index >= 15 is 0 Å². The van der Waals surface area contributed by atoms with Crippen LogP contribution in [-0.4, -0.2) is 29.5 Å². The number of likely N-dealkylation sites (tertiary alicyclic amines) is 1. The van der Waals surface area contributed by atoms with E-state index in [1.165, 1.54) is 35.9 Å². The van der Waals surface area contributed by atoms with Crippen LogP contribution in [0, 0.1) is 5.41 Å². The fourth-order valence-corrected chi connectivity index (χ4v) is 5.25. The van der Waals surface area contributed by atoms with Gasteiger partial charge in [-0.2, -0.15) is 0 Å². The lowest BCUT2D eigenvalue weighted by Crippen LogP contribution is -2.40. The number of hydrogen-bond acceptors (Lipinski definition) is 1. The summed E-state index contributed by atoms with van der Waals surface area (Å²) in [7, 11) is 2.31. The fraction of sp³-hybridized carbons (Fsp3) is 0.500. The van der Waals surface area contributed by atoms with Crippen molar-refractivity contribution in [3.05, 3.63) is 35.5 Å². The van der Waals surface area contributed by atoms with Crippen molar-refractivity contribution in [1.29, 1.82) is 0 Å². The van der Waals surface area contributed by atoms with E-state index in [1.54, 1.807) is 5.56 Å². The predicted molar refractivity (Wildman–Crippen MR) is 72.8 cm³/mol. The van der Waals surface area contributed by atoms with Gasteiger partial charge in [0.1, 0.15) is 0 Å². The predicted octanol–water partition coefficient (Wildman–Crippen LogP) is 2.69. The van der Waals surface area contributed by atoms with E-state index in [0.717, 1.165) is 6.04 Å². The van der Waals surface area contributed by atoms with Gasteiger partial charge in [-0.3, -0.25) is 0 Å². The number of likely N-dealkylation sites (N-methyl/N-ethyl adjacent to an activating group) is 1. The third-order valence-electron chi connectivity index (χ3n) is 6.00. The van der Waals surface area contributed by atoms with Crippen molar-refractivity contribution in [3.8, 4) is 0 Å². The normalized spacial score (nSPS) is 40.9. The summed E-state index contributed by atoms with van der Waals surface area (Å²) in [6.45, 7) is 3.75. The van der Waals surface area contributed by atoms with Crippen LogP contribution in [0.15, 0.2) is 24.4 Å². The highest BCUT2D eigenvalue weighted by Gasteiger charge is 2.74. The summed E-state index contributed by atoms with van der Waals surface area (Å²) in [5.74, 6) is 0. The molecule has 1 aromatic carbocycles. The number of nitrogens with zero attached hydrogens (tertiary/aromatic N) is 1. The van der Waals surface area contributed by atoms with Gasteiger partial charge in [0.25, 0.3) is 0 Å². The molecule has 2 heteroatoms. The molecule has 2 heterocycles. The molecule has 2 aromatic rings. The standard InChI is InChI=1S/C16H18N2/c1-15-8-16(15)11-4-3-5-12-14(11)10(7-17-12)6-13(16)18(2)9-15/h3-5,7,13,17H,6,8-9H2,1-2H3/t13-,15-,16-/m0/s1. The van der Waals surface area contributed by atoms with E-state index in [2.05, 4.69) is 48.3 Å². The Morgan fingerprint density at radius 2 is 2.28 bits per heavy atom. The monoisotopic (exact) mass is 238 g/mol. The van der Waals surface area contributed by atoms with Gasteiger partial charge in [-0.15, -0.1) is 0 Å². The van der Waals surface area contributed by atoms with Crippen molar-refractivity contribution >= 4 is 10.9 Å². The number of H-pyrrole nitrogens is 1. The summed E-state index contributed by atoms with van der Waals surface area (Å²) in [6, 6.07) is 7.55. The molecule has 1 spiro atoms. The lowest BCUT2D eigenvalue weighted by Gasteiger charge is -2.34. The summed E-state index contributed by atoms with van der Waals surface area (Å²) in [5.41, 5.74) is 5.46. The van der Waals surface area contributed by atoms with Crippen LogP contribution in [0.3, 0.4) is 0 Å². The first kappa shape index (κ1) is 9.62. The molecule has 0 radical (unpaired) electrons. The zero-order valence-electron chi connectivity index (χ0n) is 11.0. The summed E-state index contributed by atoms with van der Waals surface area (Å²) in [5, 5.41) is 1.53. The Bertz CT molecular complexity index is 685. The van der Waals surface area contributed by atoms with Crippen LogP contribution >= 0.6 is 0 Å². The second-order valence-corrected chi connectivity index (χ2v) is 6.89. The van der Waals surface area contributed by atoms with Crippen LogP contribution in [0.2, 0.25) is 0 Å². The van der Waals surface area contributed by atoms with Gasteiger partial charge in [-0.1, -0.05) is 19.1 Å². The van der Waals surface area contributed by atoms with E-state index in [9.17, 15) is 0 Å². The van der Waals surface area contributed by atoms with Gasteiger partial charge < -0.3 is 9.88 Å². The zero-order chi connectivity index (χ0) is 12.1. The highest BCUT2D eigenvalue weighted by atomic mass is 15.2. The molecule has 92 valence electrons. The quantitative estimate of drug-likeness (QED) is 0.747. The first-order chi connectivity index (χ1) is 8.66. The van der Waals surface area contributed by atoms with Crippen molar-refractivity contribution in [3.63, 3.8) is 0 Å². The van der Waals surface area contributed by atoms with E-state index in [1.807, 2.05) is 0 Å². The molecule has 0 bridgehead atoms. The second-order valence-electron chi connectivity index (χ2n) is 6.89. The van der Waals surface area contributed by atoms with Crippen molar-refractivity contribution in [2.24, 2.45) is 5.41 Å². The Morgan fingerprint density at radius 3 is 3.17 bits per heavy atom. The molecule has 2 aliphatic carbocycles. The smallest absolute Gasteiger partial charge is 0.0459 e. The molecule has 0 unspecified atom stereocenters. The van der Waals surface area contributed by atoms with Crippen LogP contribution in [0.5, 0.6) is 0 Å². The Balaban J connectivity index is 1.89. The molecule has 18 heavy (non-hydrogen) atoms. The van der Waals surface area contributed by atoms with Crippen LogP contribution in [0.1, 0.15) is 24.5 Å². The van der Waals surface area contributed by atoms with E-state index in [4.69, 9.17) is 0 Å². The Kier molecular flexibility index (Phi) is 1.35. The minimum absolute atomic E-state index is 0.455. The number of aromatic amines is 1. The average Bonchev–Trinajstić information content (AvgIpc) is 2.68. The molecule has 3 aliphatic rings. The SMILES string of the molecule is CN1C[C@]2(C)C[C@@]23c2cccc4[nH]cc(c24)C[C@H]13. The highest BCUT2D eigenvalue weighted by Crippen LogP contribution is 2.73. The molecule has 1 saturated heterocycles. The molecule has 1 N–H and O–H groups in total. The van der Waals surface area contributed by atoms with Gasteiger partial charge >= 0.3 is 0 Å². The van der Waals surface area contributed by atoms with Gasteiger partial charge in [0, 0.05) is 35.1 Å². The largest absolute Gasteiger partial charge is 0.361 e. The van der Waals surface area contributed by atoms with Gasteiger partial charge in [-0.25, -0.2) is 0 Å². The number of benzene rings is 1. The Labute approximate surface area is 107 Å². The molecular formula is C16H18N2. The molecule has 1 saturated carbocycles. The van der Waals surface area contributed by atoms with Crippen molar-refractivity contribution in [2.75, 3.05) is 13.6 Å². The van der Waals surface area contributed by atoms with Crippen molar-refractivity contribution in [2.45, 2.75) is 31.2 Å². The third kappa shape index (κ3) is 0.777. The minimum Gasteiger partial charge on any atom is -0.361 e. The van der Waals surface area contributed by atoms with E-state index < -0.39 is 0 Å². The summed E-state index contributed by atoms with van der Waals surface area (Å²) >= 11 is 0. The molecule has 5 rings (SSSR count). The van der Waals surface area contributed by atoms with Crippen LogP contribution in [0.25, 0.3) is 10.9 Å². The van der Waals surface area contributed by atoms with Crippen molar-refractivity contribution < 1.29 is 0 Å². The van der Waals surface area contributed by atoms with Crippen molar-refractivity contribution in [1.82, 2.24) is 9.88 Å². The molecule has 2 fully saturated rings. The maximum atomic E-state index is 3.45. The number of rotatable bonds is 0. The topological polar surface area (TPSA) is 19.0 Å². The highest BCUT2D eigenvalue weighted by molar-refractivity contribution is 5.90. The van der Waals surface area contributed by atoms with Crippen LogP contribution < -0.4 is 0 Å². The molecule has 3 atom stereocenters. The molecule has 0 amide bonds. The lowest BCUT2D eigenvalue weighted by atomic mass is 9.75. The second kappa shape index (κ2) is 2.53. The maximum Gasteiger partial charge on any atom is 0.0459 e. The third-order valence-corrected chi connectivity index (χ3v) is 6.00. The first-order valence-corrected chi connectivity index (χ1v) is 6.95. The first-order valence-electron chi connectivity index (χ1n) is 6.95. The van der Waals surface area contributed by atoms with Crippen LogP contribution in [-0.2, 0) is 11.8 Å². The summed E-state index contributed by atoms with van der Waals surface area (Å²) in [6.07, 6.45) is 4.84. The van der Waals surface area contributed by atoms with Gasteiger partial charge in [0.15, 0.2) is 0 Å². The van der Waals surface area contributed by atoms with E-state index in [-0.39, 0.29) is 0 Å². The van der Waals surface area contributed by atoms with Gasteiger partial charge in [0.05, 0.1) is 0 Å². The Hall–Kier alpha value is -1.28. The average molecular weight is 238 g/mol. The molecular weight excluding hydrogens is 220 g/mol. The molecule has 1 aliphatic heterocycles. The lowest BCUT2D eigenvalue weighted by molar-refractivity contribution is 0.246. The zero-order valence-corrected chi connectivity index (χ0v) is 11.0. The summed E-state index contributed by atoms with van der Waals surface area (Å²) < 4.78 is 0. The number of aromatic nitrogens is 1. The van der Waals surface area contributed by atoms with Gasteiger partial charge in [0.2, 0.25) is 0 Å². The number of piperidine rings is 1. The van der Waals surface area contributed by atoms with Crippen LogP contribution in [0.4, 0.5) is 0 Å². The minimum atomic E-state index is 0.455. The molecule has 2 nitrogen and oxygen atoms in total. The van der Waals surface area contributed by atoms with Gasteiger partial charge in [-0.05, 0) is 42.5 Å². The number of hydrogen-bond donors (Lipinski definition) is 1. The molecule has 1 aromatic heterocycles. The number of nitrogens with one attached hydrogen (secondary N) is 1. The Morgan fingerprint density at radius 1 is 1.39 bits per heavy atom. The van der Waals surface area contributed by atoms with E-state index in [0.29, 0.717) is 10.8 Å². The summed E-state index contributed by atoms with van der Waals surface area (Å²) in [4.78, 5) is 6.05. The maximum absolute atomic E-state index is 3.45.